The van der Waals surface area contributed by atoms with Crippen LogP contribution in [0.3, 0.4) is 0 Å². The van der Waals surface area contributed by atoms with Gasteiger partial charge in [0.25, 0.3) is 0 Å². The number of anilines is 2. The lowest BCUT2D eigenvalue weighted by Gasteiger charge is -2.06. The number of hydrogen-bond acceptors (Lipinski definition) is 3. The molecule has 24 heavy (non-hydrogen) atoms. The molecule has 4 rings (SSSR count). The van der Waals surface area contributed by atoms with Crippen molar-refractivity contribution in [2.75, 3.05) is 10.6 Å². The fraction of sp³-hybridized carbons (Fsp3) is 0. The van der Waals surface area contributed by atoms with Crippen molar-refractivity contribution in [2.24, 2.45) is 0 Å². The lowest BCUT2D eigenvalue weighted by Crippen LogP contribution is -2.18. The molecule has 0 aliphatic rings. The van der Waals surface area contributed by atoms with Crippen molar-refractivity contribution in [3.05, 3.63) is 72.4 Å². The average Bonchev–Trinajstić information content (AvgIpc) is 3.24. The van der Waals surface area contributed by atoms with E-state index in [1.165, 1.54) is 11.3 Å². The van der Waals surface area contributed by atoms with Crippen molar-refractivity contribution in [3.8, 4) is 11.3 Å². The Hall–Kier alpha value is -3.12. The van der Waals surface area contributed by atoms with Crippen LogP contribution in [0.2, 0.25) is 0 Å². The van der Waals surface area contributed by atoms with Crippen LogP contribution in [0.1, 0.15) is 0 Å². The summed E-state index contributed by atoms with van der Waals surface area (Å²) in [6.45, 7) is 0. The van der Waals surface area contributed by atoms with Gasteiger partial charge in [-0.1, -0.05) is 18.2 Å². The first-order valence-electron chi connectivity index (χ1n) is 7.44. The maximum Gasteiger partial charge on any atom is 0.324 e. The highest BCUT2D eigenvalue weighted by Crippen LogP contribution is 2.21. The van der Waals surface area contributed by atoms with Crippen molar-refractivity contribution < 1.29 is 4.79 Å². The molecule has 0 atom stereocenters. The van der Waals surface area contributed by atoms with Gasteiger partial charge in [-0.3, -0.25) is 5.32 Å². The van der Waals surface area contributed by atoms with Crippen molar-refractivity contribution in [1.82, 2.24) is 9.38 Å². The Bertz CT molecular complexity index is 941. The number of benzene rings is 1. The predicted octanol–water partition coefficient (Wildman–Crippen LogP) is 4.71. The zero-order valence-corrected chi connectivity index (χ0v) is 13.5. The maximum absolute atomic E-state index is 11.9. The molecule has 0 unspecified atom stereocenters. The summed E-state index contributed by atoms with van der Waals surface area (Å²) in [5.74, 6) is 0. The van der Waals surface area contributed by atoms with Crippen LogP contribution in [0.5, 0.6) is 0 Å². The van der Waals surface area contributed by atoms with Crippen LogP contribution in [-0.2, 0) is 0 Å². The number of amides is 2. The molecular formula is C18H14N4OS. The molecule has 0 aliphatic carbocycles. The van der Waals surface area contributed by atoms with Gasteiger partial charge in [0.15, 0.2) is 0 Å². The number of imidazole rings is 1. The van der Waals surface area contributed by atoms with Crippen LogP contribution in [0.4, 0.5) is 15.5 Å². The molecule has 3 heterocycles. The summed E-state index contributed by atoms with van der Waals surface area (Å²) in [4.78, 5) is 16.5. The Labute approximate surface area is 142 Å². The highest BCUT2D eigenvalue weighted by atomic mass is 32.1. The minimum atomic E-state index is -0.252. The third-order valence-corrected chi connectivity index (χ3v) is 4.35. The Morgan fingerprint density at radius 2 is 1.88 bits per heavy atom. The van der Waals surface area contributed by atoms with Crippen LogP contribution in [0.15, 0.2) is 72.4 Å². The minimum absolute atomic E-state index is 0.252. The van der Waals surface area contributed by atoms with Gasteiger partial charge in [-0.25, -0.2) is 9.78 Å². The number of fused-ring (bicyclic) bond motifs is 1. The highest BCUT2D eigenvalue weighted by molar-refractivity contribution is 7.14. The van der Waals surface area contributed by atoms with Crippen LogP contribution >= 0.6 is 11.3 Å². The van der Waals surface area contributed by atoms with Gasteiger partial charge in [-0.2, -0.15) is 0 Å². The summed E-state index contributed by atoms with van der Waals surface area (Å²) in [6, 6.07) is 17.0. The fourth-order valence-electron chi connectivity index (χ4n) is 2.42. The lowest BCUT2D eigenvalue weighted by atomic mass is 10.1. The number of pyridine rings is 1. The molecule has 0 saturated heterocycles. The number of thiophene rings is 1. The Kier molecular flexibility index (Phi) is 3.72. The Balaban J connectivity index is 1.49. The van der Waals surface area contributed by atoms with Crippen molar-refractivity contribution in [3.63, 3.8) is 0 Å². The molecule has 0 saturated carbocycles. The number of aromatic nitrogens is 2. The van der Waals surface area contributed by atoms with Crippen LogP contribution in [-0.4, -0.2) is 15.4 Å². The number of nitrogens with one attached hydrogen (secondary N) is 2. The highest BCUT2D eigenvalue weighted by Gasteiger charge is 2.06. The van der Waals surface area contributed by atoms with Crippen molar-refractivity contribution in [1.29, 1.82) is 0 Å². The van der Waals surface area contributed by atoms with Gasteiger partial charge in [-0.05, 0) is 41.8 Å². The molecule has 1 aromatic carbocycles. The molecule has 6 heteroatoms. The van der Waals surface area contributed by atoms with Gasteiger partial charge in [0, 0.05) is 23.6 Å². The first-order chi connectivity index (χ1) is 11.8. The fourth-order valence-corrected chi connectivity index (χ4v) is 3.03. The maximum atomic E-state index is 11.9. The zero-order chi connectivity index (χ0) is 16.4. The summed E-state index contributed by atoms with van der Waals surface area (Å²) in [6.07, 6.45) is 3.96. The van der Waals surface area contributed by atoms with Gasteiger partial charge in [-0.15, -0.1) is 11.3 Å². The third-order valence-electron chi connectivity index (χ3n) is 3.56. The molecule has 0 fully saturated rings. The van der Waals surface area contributed by atoms with E-state index in [-0.39, 0.29) is 6.03 Å². The first-order valence-corrected chi connectivity index (χ1v) is 8.31. The number of urea groups is 1. The molecule has 0 spiro atoms. The van der Waals surface area contributed by atoms with E-state index in [4.69, 9.17) is 0 Å². The van der Waals surface area contributed by atoms with E-state index in [2.05, 4.69) is 15.6 Å². The number of carbonyl (C=O) groups is 1. The van der Waals surface area contributed by atoms with Gasteiger partial charge in [0.2, 0.25) is 0 Å². The van der Waals surface area contributed by atoms with E-state index in [1.54, 1.807) is 0 Å². The van der Waals surface area contributed by atoms with E-state index < -0.39 is 0 Å². The van der Waals surface area contributed by atoms with E-state index in [9.17, 15) is 4.79 Å². The van der Waals surface area contributed by atoms with Crippen LogP contribution < -0.4 is 10.6 Å². The lowest BCUT2D eigenvalue weighted by molar-refractivity contribution is 0.262. The van der Waals surface area contributed by atoms with Gasteiger partial charge < -0.3 is 9.72 Å². The topological polar surface area (TPSA) is 58.4 Å². The number of hydrogen-bond donors (Lipinski definition) is 2. The van der Waals surface area contributed by atoms with Gasteiger partial charge in [0.1, 0.15) is 5.65 Å². The molecule has 2 amide bonds. The molecule has 2 N–H and O–H groups in total. The number of carbonyl (C=O) groups excluding carboxylic acids is 1. The summed E-state index contributed by atoms with van der Waals surface area (Å²) >= 11 is 1.48. The first kappa shape index (κ1) is 14.5. The standard InChI is InChI=1S/C18H14N4OS/c23-18(21-17-5-3-11-24-17)19-14-8-6-13(7-9-14)15-12-22-10-2-1-4-16(22)20-15/h1-12H,(H2,19,21,23). The monoisotopic (exact) mass is 334 g/mol. The molecule has 3 aromatic heterocycles. The van der Waals surface area contributed by atoms with Crippen LogP contribution in [0.25, 0.3) is 16.9 Å². The molecular weight excluding hydrogens is 320 g/mol. The molecule has 0 radical (unpaired) electrons. The molecule has 0 aliphatic heterocycles. The van der Waals surface area contributed by atoms with Gasteiger partial charge >= 0.3 is 6.03 Å². The van der Waals surface area contributed by atoms with E-state index >= 15 is 0 Å². The molecule has 118 valence electrons. The smallest absolute Gasteiger partial charge is 0.308 e. The van der Waals surface area contributed by atoms with E-state index in [0.717, 1.165) is 27.6 Å². The van der Waals surface area contributed by atoms with Crippen molar-refractivity contribution in [2.45, 2.75) is 0 Å². The normalized spacial score (nSPS) is 10.7. The Morgan fingerprint density at radius 3 is 2.62 bits per heavy atom. The summed E-state index contributed by atoms with van der Waals surface area (Å²) < 4.78 is 1.98. The summed E-state index contributed by atoms with van der Waals surface area (Å²) in [5, 5.41) is 8.33. The number of rotatable bonds is 3. The average molecular weight is 334 g/mol. The summed E-state index contributed by atoms with van der Waals surface area (Å²) in [5.41, 5.74) is 3.54. The second-order valence-corrected chi connectivity index (χ2v) is 6.17. The molecule has 5 nitrogen and oxygen atoms in total. The van der Waals surface area contributed by atoms with Crippen molar-refractivity contribution >= 4 is 33.7 Å². The van der Waals surface area contributed by atoms with Gasteiger partial charge in [0.05, 0.1) is 10.7 Å². The molecule has 4 aromatic rings. The zero-order valence-electron chi connectivity index (χ0n) is 12.6. The minimum Gasteiger partial charge on any atom is -0.308 e. The SMILES string of the molecule is O=C(Nc1ccc(-c2cn3ccccc3n2)cc1)Nc1cccs1. The van der Waals surface area contributed by atoms with E-state index in [0.29, 0.717) is 0 Å². The second-order valence-electron chi connectivity index (χ2n) is 5.23. The van der Waals surface area contributed by atoms with Crippen LogP contribution in [0, 0.1) is 0 Å². The molecule has 0 bridgehead atoms. The number of nitrogens with zero attached hydrogens (tertiary/aromatic N) is 2. The van der Waals surface area contributed by atoms with E-state index in [1.807, 2.05) is 76.8 Å². The largest absolute Gasteiger partial charge is 0.324 e. The quantitative estimate of drug-likeness (QED) is 0.570. The Morgan fingerprint density at radius 1 is 1.00 bits per heavy atom. The summed E-state index contributed by atoms with van der Waals surface area (Å²) in [7, 11) is 0. The predicted molar refractivity (Wildman–Crippen MR) is 97.6 cm³/mol. The second kappa shape index (κ2) is 6.17. The third kappa shape index (κ3) is 3.00.